The quantitative estimate of drug-likeness (QED) is 0.617. The SMILES string of the molecule is OCCCN1C(=S)NC(c2ccccn2)C1c1ccc(-c2ccc(F)cc2)o1. The molecule has 4 rings (SSSR count). The van der Waals surface area contributed by atoms with Crippen LogP contribution in [0.25, 0.3) is 11.3 Å². The van der Waals surface area contributed by atoms with Crippen molar-refractivity contribution in [1.82, 2.24) is 15.2 Å². The zero-order valence-electron chi connectivity index (χ0n) is 15.1. The average Bonchev–Trinajstić information content (AvgIpc) is 3.32. The summed E-state index contributed by atoms with van der Waals surface area (Å²) in [5.41, 5.74) is 1.67. The molecule has 5 nitrogen and oxygen atoms in total. The van der Waals surface area contributed by atoms with Gasteiger partial charge >= 0.3 is 0 Å². The van der Waals surface area contributed by atoms with Gasteiger partial charge in [-0.2, -0.15) is 0 Å². The van der Waals surface area contributed by atoms with E-state index in [9.17, 15) is 9.50 Å². The van der Waals surface area contributed by atoms with Crippen molar-refractivity contribution in [3.05, 3.63) is 78.1 Å². The number of hydrogen-bond acceptors (Lipinski definition) is 4. The highest BCUT2D eigenvalue weighted by Gasteiger charge is 2.41. The van der Waals surface area contributed by atoms with Crippen molar-refractivity contribution in [3.8, 4) is 11.3 Å². The minimum absolute atomic E-state index is 0.0824. The second-order valence-corrected chi connectivity index (χ2v) is 6.99. The van der Waals surface area contributed by atoms with Crippen molar-refractivity contribution in [1.29, 1.82) is 0 Å². The maximum absolute atomic E-state index is 13.2. The molecule has 28 heavy (non-hydrogen) atoms. The molecule has 2 atom stereocenters. The van der Waals surface area contributed by atoms with Gasteiger partial charge in [-0.15, -0.1) is 0 Å². The molecule has 1 aliphatic heterocycles. The Morgan fingerprint density at radius 3 is 2.68 bits per heavy atom. The molecule has 1 aliphatic rings. The molecule has 144 valence electrons. The van der Waals surface area contributed by atoms with E-state index in [-0.39, 0.29) is 24.5 Å². The highest BCUT2D eigenvalue weighted by atomic mass is 32.1. The summed E-state index contributed by atoms with van der Waals surface area (Å²) in [4.78, 5) is 6.50. The standard InChI is InChI=1S/C21H20FN3O2S/c22-15-7-5-14(6-8-15)17-9-10-18(27-17)20-19(16-4-1-2-11-23-16)24-21(28)25(20)12-3-13-26/h1-2,4-11,19-20,26H,3,12-13H2,(H,24,28). The third-order valence-electron chi connectivity index (χ3n) is 4.80. The molecule has 2 N–H and O–H groups in total. The Morgan fingerprint density at radius 1 is 1.14 bits per heavy atom. The topological polar surface area (TPSA) is 61.5 Å². The van der Waals surface area contributed by atoms with Gasteiger partial charge in [-0.05, 0) is 67.2 Å². The molecule has 0 radical (unpaired) electrons. The normalized spacial score (nSPS) is 19.1. The first-order chi connectivity index (χ1) is 13.7. The number of aliphatic hydroxyl groups is 1. The first kappa shape index (κ1) is 18.6. The lowest BCUT2D eigenvalue weighted by molar-refractivity contribution is 0.233. The van der Waals surface area contributed by atoms with Gasteiger partial charge in [0.15, 0.2) is 5.11 Å². The second kappa shape index (κ2) is 8.08. The van der Waals surface area contributed by atoms with Crippen LogP contribution in [0.2, 0.25) is 0 Å². The van der Waals surface area contributed by atoms with Crippen LogP contribution in [0.15, 0.2) is 65.2 Å². The molecule has 1 aromatic carbocycles. The van der Waals surface area contributed by atoms with E-state index < -0.39 is 0 Å². The molecule has 2 unspecified atom stereocenters. The summed E-state index contributed by atoms with van der Waals surface area (Å²) >= 11 is 5.54. The van der Waals surface area contributed by atoms with E-state index in [1.807, 2.05) is 35.2 Å². The fourth-order valence-corrected chi connectivity index (χ4v) is 3.81. The van der Waals surface area contributed by atoms with E-state index in [2.05, 4.69) is 10.3 Å². The lowest BCUT2D eigenvalue weighted by atomic mass is 10.0. The van der Waals surface area contributed by atoms with E-state index in [4.69, 9.17) is 16.6 Å². The van der Waals surface area contributed by atoms with Crippen molar-refractivity contribution in [2.45, 2.75) is 18.5 Å². The number of benzene rings is 1. The number of halogens is 1. The van der Waals surface area contributed by atoms with Crippen LogP contribution in [0.3, 0.4) is 0 Å². The minimum Gasteiger partial charge on any atom is -0.459 e. The molecular formula is C21H20FN3O2S. The molecule has 7 heteroatoms. The monoisotopic (exact) mass is 397 g/mol. The lowest BCUT2D eigenvalue weighted by Crippen LogP contribution is -2.30. The van der Waals surface area contributed by atoms with E-state index in [0.717, 1.165) is 17.0 Å². The van der Waals surface area contributed by atoms with Crippen LogP contribution in [0.1, 0.15) is 30.0 Å². The first-order valence-electron chi connectivity index (χ1n) is 9.12. The molecule has 1 saturated heterocycles. The van der Waals surface area contributed by atoms with Crippen molar-refractivity contribution in [2.24, 2.45) is 0 Å². The van der Waals surface area contributed by atoms with E-state index >= 15 is 0 Å². The van der Waals surface area contributed by atoms with Gasteiger partial charge in [0, 0.05) is 24.9 Å². The molecule has 0 spiro atoms. The second-order valence-electron chi connectivity index (χ2n) is 6.61. The smallest absolute Gasteiger partial charge is 0.170 e. The maximum atomic E-state index is 13.2. The highest BCUT2D eigenvalue weighted by Crippen LogP contribution is 2.40. The molecule has 3 aromatic rings. The lowest BCUT2D eigenvalue weighted by Gasteiger charge is -2.25. The Balaban J connectivity index is 1.70. The Kier molecular flexibility index (Phi) is 5.36. The van der Waals surface area contributed by atoms with Gasteiger partial charge in [-0.3, -0.25) is 4.98 Å². The summed E-state index contributed by atoms with van der Waals surface area (Å²) in [5, 5.41) is 13.2. The first-order valence-corrected chi connectivity index (χ1v) is 9.53. The predicted octanol–water partition coefficient (Wildman–Crippen LogP) is 3.84. The Morgan fingerprint density at radius 2 is 1.96 bits per heavy atom. The molecule has 1 fully saturated rings. The van der Waals surface area contributed by atoms with Crippen LogP contribution in [0.5, 0.6) is 0 Å². The average molecular weight is 397 g/mol. The number of nitrogens with zero attached hydrogens (tertiary/aromatic N) is 2. The van der Waals surface area contributed by atoms with Crippen molar-refractivity contribution in [2.75, 3.05) is 13.2 Å². The van der Waals surface area contributed by atoms with Gasteiger partial charge in [0.1, 0.15) is 23.4 Å². The van der Waals surface area contributed by atoms with Crippen LogP contribution in [-0.2, 0) is 0 Å². The van der Waals surface area contributed by atoms with Crippen molar-refractivity contribution in [3.63, 3.8) is 0 Å². The Hall–Kier alpha value is -2.77. The number of rotatable bonds is 6. The molecule has 2 aromatic heterocycles. The number of pyridine rings is 1. The summed E-state index contributed by atoms with van der Waals surface area (Å²) in [7, 11) is 0. The van der Waals surface area contributed by atoms with Gasteiger partial charge in [-0.25, -0.2) is 4.39 Å². The maximum Gasteiger partial charge on any atom is 0.170 e. The third kappa shape index (κ3) is 3.63. The largest absolute Gasteiger partial charge is 0.459 e. The molecular weight excluding hydrogens is 377 g/mol. The summed E-state index contributed by atoms with van der Waals surface area (Å²) in [6, 6.07) is 15.4. The van der Waals surface area contributed by atoms with Gasteiger partial charge in [-0.1, -0.05) is 6.07 Å². The van der Waals surface area contributed by atoms with Crippen LogP contribution in [-0.4, -0.2) is 33.3 Å². The van der Waals surface area contributed by atoms with Gasteiger partial charge < -0.3 is 19.7 Å². The number of thiocarbonyl (C=S) groups is 1. The molecule has 0 bridgehead atoms. The van der Waals surface area contributed by atoms with Crippen LogP contribution in [0, 0.1) is 5.82 Å². The molecule has 0 saturated carbocycles. The summed E-state index contributed by atoms with van der Waals surface area (Å²) in [6.45, 7) is 0.683. The fourth-order valence-electron chi connectivity index (χ4n) is 3.48. The Bertz CT molecular complexity index is 946. The number of aliphatic hydroxyl groups excluding tert-OH is 1. The van der Waals surface area contributed by atoms with Crippen LogP contribution < -0.4 is 5.32 Å². The Labute approximate surface area is 167 Å². The summed E-state index contributed by atoms with van der Waals surface area (Å²) in [6.07, 6.45) is 2.35. The third-order valence-corrected chi connectivity index (χ3v) is 5.15. The van der Waals surface area contributed by atoms with E-state index in [1.165, 1.54) is 12.1 Å². The van der Waals surface area contributed by atoms with E-state index in [0.29, 0.717) is 23.8 Å². The number of aromatic nitrogens is 1. The van der Waals surface area contributed by atoms with Crippen molar-refractivity contribution < 1.29 is 13.9 Å². The molecule has 0 aliphatic carbocycles. The molecule has 0 amide bonds. The van der Waals surface area contributed by atoms with Gasteiger partial charge in [0.2, 0.25) is 0 Å². The van der Waals surface area contributed by atoms with Crippen molar-refractivity contribution >= 4 is 17.3 Å². The zero-order chi connectivity index (χ0) is 19.5. The fraction of sp³-hybridized carbons (Fsp3) is 0.238. The zero-order valence-corrected chi connectivity index (χ0v) is 15.9. The van der Waals surface area contributed by atoms with Gasteiger partial charge in [0.25, 0.3) is 0 Å². The predicted molar refractivity (Wildman–Crippen MR) is 108 cm³/mol. The highest BCUT2D eigenvalue weighted by molar-refractivity contribution is 7.80. The van der Waals surface area contributed by atoms with Crippen LogP contribution in [0.4, 0.5) is 4.39 Å². The summed E-state index contributed by atoms with van der Waals surface area (Å²) in [5.74, 6) is 1.11. The number of nitrogens with one attached hydrogen (secondary N) is 1. The van der Waals surface area contributed by atoms with Crippen LogP contribution >= 0.6 is 12.2 Å². The number of furan rings is 1. The van der Waals surface area contributed by atoms with Gasteiger partial charge in [0.05, 0.1) is 11.7 Å². The summed E-state index contributed by atoms with van der Waals surface area (Å²) < 4.78 is 19.4. The van der Waals surface area contributed by atoms with E-state index in [1.54, 1.807) is 18.3 Å². The minimum atomic E-state index is -0.286. The number of hydrogen-bond donors (Lipinski definition) is 2. The molecule has 3 heterocycles.